The fraction of sp³-hybridized carbons (Fsp3) is 0.444. The number of anilines is 1. The number of benzene rings is 1. The number of carbonyl (C=O) groups excluding carboxylic acids is 2. The Bertz CT molecular complexity index is 1440. The first kappa shape index (κ1) is 30.0. The Labute approximate surface area is 241 Å². The van der Waals surface area contributed by atoms with E-state index in [0.29, 0.717) is 36.8 Å². The molecule has 218 valence electrons. The molecule has 0 bridgehead atoms. The number of nitrogens with one attached hydrogen (secondary N) is 1. The number of ether oxygens (including phenoxy) is 2. The molecule has 41 heavy (non-hydrogen) atoms. The first-order valence-corrected chi connectivity index (χ1v) is 13.5. The average molecular weight is 586 g/mol. The number of halogens is 1. The highest BCUT2D eigenvalue weighted by Gasteiger charge is 2.29. The molecule has 13 nitrogen and oxygen atoms in total. The number of aliphatic hydroxyl groups is 2. The van der Waals surface area contributed by atoms with Crippen LogP contribution in [0.15, 0.2) is 30.6 Å². The normalized spacial score (nSPS) is 16.0. The Morgan fingerprint density at radius 1 is 1.24 bits per heavy atom. The largest absolute Gasteiger partial charge is 0.415 e. The van der Waals surface area contributed by atoms with Gasteiger partial charge < -0.3 is 35.6 Å². The summed E-state index contributed by atoms with van der Waals surface area (Å²) in [6, 6.07) is 6.82. The summed E-state index contributed by atoms with van der Waals surface area (Å²) in [5.74, 6) is 6.19. The molecule has 3 atom stereocenters. The molecule has 4 rings (SSSR count). The third-order valence-electron chi connectivity index (χ3n) is 6.50. The number of hydrogen-bond donors (Lipinski definition) is 4. The Kier molecular flexibility index (Phi) is 9.95. The first-order chi connectivity index (χ1) is 19.7. The van der Waals surface area contributed by atoms with Crippen LogP contribution in [0.3, 0.4) is 0 Å². The highest BCUT2D eigenvalue weighted by Crippen LogP contribution is 2.26. The molecule has 0 radical (unpaired) electrons. The molecular weight excluding hydrogens is 554 g/mol. The minimum atomic E-state index is -1.69. The van der Waals surface area contributed by atoms with Gasteiger partial charge in [-0.2, -0.15) is 0 Å². The van der Waals surface area contributed by atoms with E-state index in [1.807, 2.05) is 0 Å². The van der Waals surface area contributed by atoms with Gasteiger partial charge in [-0.05, 0) is 50.7 Å². The summed E-state index contributed by atoms with van der Waals surface area (Å²) in [4.78, 5) is 39.1. The fourth-order valence-corrected chi connectivity index (χ4v) is 4.48. The van der Waals surface area contributed by atoms with Crippen LogP contribution < -0.4 is 15.8 Å². The molecule has 5 N–H and O–H groups in total. The highest BCUT2D eigenvalue weighted by atomic mass is 35.5. The van der Waals surface area contributed by atoms with Crippen molar-refractivity contribution in [1.82, 2.24) is 29.7 Å². The van der Waals surface area contributed by atoms with Gasteiger partial charge in [-0.1, -0.05) is 29.7 Å². The Morgan fingerprint density at radius 3 is 2.66 bits per heavy atom. The number of likely N-dealkylation sites (N-methyl/N-ethyl adjacent to an activating group) is 1. The molecule has 14 heteroatoms. The van der Waals surface area contributed by atoms with Gasteiger partial charge in [0.25, 0.3) is 5.91 Å². The van der Waals surface area contributed by atoms with Gasteiger partial charge in [0.15, 0.2) is 23.3 Å². The quantitative estimate of drug-likeness (QED) is 0.226. The number of likely N-dealkylation sites (tertiary alicyclic amines) is 1. The zero-order valence-electron chi connectivity index (χ0n) is 22.7. The molecule has 1 aromatic carbocycles. The maximum absolute atomic E-state index is 12.5. The fourth-order valence-electron chi connectivity index (χ4n) is 4.30. The second-order valence-corrected chi connectivity index (χ2v) is 9.92. The molecule has 0 aliphatic carbocycles. The predicted molar refractivity (Wildman–Crippen MR) is 149 cm³/mol. The van der Waals surface area contributed by atoms with Gasteiger partial charge in [0.1, 0.15) is 11.8 Å². The van der Waals surface area contributed by atoms with Crippen LogP contribution in [-0.4, -0.2) is 78.5 Å². The van der Waals surface area contributed by atoms with Crippen LogP contribution in [0.2, 0.25) is 5.02 Å². The number of carbonyl (C=O) groups is 2. The van der Waals surface area contributed by atoms with E-state index in [1.54, 1.807) is 36.1 Å². The monoisotopic (exact) mass is 585 g/mol. The van der Waals surface area contributed by atoms with E-state index in [1.165, 1.54) is 17.8 Å². The van der Waals surface area contributed by atoms with Crippen molar-refractivity contribution in [3.8, 4) is 17.6 Å². The molecule has 1 unspecified atom stereocenters. The zero-order valence-corrected chi connectivity index (χ0v) is 23.4. The summed E-state index contributed by atoms with van der Waals surface area (Å²) in [5, 5.41) is 23.5. The molecule has 1 aliphatic rings. The van der Waals surface area contributed by atoms with Crippen molar-refractivity contribution >= 4 is 40.6 Å². The SMILES string of the molecule is CCNC(=O)[C@@H](OC(O)n1cnc2c(N)nc(C#CCC3CCN(C(=O)Oc4ccccc4Cl)CC3)nc21)[C@@H](C)O. The molecule has 1 saturated heterocycles. The third-order valence-corrected chi connectivity index (χ3v) is 6.81. The number of rotatable bonds is 8. The lowest BCUT2D eigenvalue weighted by atomic mass is 9.94. The van der Waals surface area contributed by atoms with Crippen LogP contribution in [0.5, 0.6) is 5.75 Å². The van der Waals surface area contributed by atoms with E-state index < -0.39 is 30.6 Å². The van der Waals surface area contributed by atoms with E-state index >= 15 is 0 Å². The summed E-state index contributed by atoms with van der Waals surface area (Å²) >= 11 is 6.07. The first-order valence-electron chi connectivity index (χ1n) is 13.2. The number of nitrogen functional groups attached to an aromatic ring is 1. The minimum absolute atomic E-state index is 0.0615. The molecule has 2 amide bonds. The maximum Gasteiger partial charge on any atom is 0.415 e. The van der Waals surface area contributed by atoms with Crippen LogP contribution >= 0.6 is 11.6 Å². The number of fused-ring (bicyclic) bond motifs is 1. The number of aliphatic hydroxyl groups excluding tert-OH is 2. The Morgan fingerprint density at radius 2 is 1.98 bits per heavy atom. The summed E-state index contributed by atoms with van der Waals surface area (Å²) in [6.07, 6.45) is -1.33. The van der Waals surface area contributed by atoms with Gasteiger partial charge in [0.05, 0.1) is 11.1 Å². The molecule has 1 fully saturated rings. The van der Waals surface area contributed by atoms with Crippen LogP contribution in [0.25, 0.3) is 11.2 Å². The maximum atomic E-state index is 12.5. The number of imidazole rings is 1. The van der Waals surface area contributed by atoms with E-state index in [4.69, 9.17) is 26.8 Å². The number of amides is 2. The molecular formula is C27H32ClN7O6. The smallest absolute Gasteiger partial charge is 0.409 e. The van der Waals surface area contributed by atoms with Crippen molar-refractivity contribution in [2.24, 2.45) is 5.92 Å². The lowest BCUT2D eigenvalue weighted by Crippen LogP contribution is -2.44. The minimum Gasteiger partial charge on any atom is -0.409 e. The number of nitrogens with two attached hydrogens (primary N) is 1. The lowest BCUT2D eigenvalue weighted by Gasteiger charge is -2.30. The zero-order chi connectivity index (χ0) is 29.5. The standard InChI is InChI=1S/C27H32ClN7O6/c1-3-30-25(37)22(16(2)36)41-27(39)35-15-31-21-23(29)32-20(33-24(21)35)10-6-7-17-11-13-34(14-12-17)26(38)40-19-9-5-4-8-18(19)28/h4-5,8-9,15-17,22,27,36,39H,3,7,11-14H2,1-2H3,(H,30,37)(H2,29,32,33)/t16-,22+,27?/m1/s1. The lowest BCUT2D eigenvalue weighted by molar-refractivity contribution is -0.204. The average Bonchev–Trinajstić information content (AvgIpc) is 3.38. The van der Waals surface area contributed by atoms with Crippen molar-refractivity contribution in [2.75, 3.05) is 25.4 Å². The van der Waals surface area contributed by atoms with Crippen LogP contribution in [0.4, 0.5) is 10.6 Å². The Balaban J connectivity index is 1.37. The van der Waals surface area contributed by atoms with Crippen LogP contribution in [0.1, 0.15) is 45.3 Å². The van der Waals surface area contributed by atoms with Crippen LogP contribution in [-0.2, 0) is 9.53 Å². The topological polar surface area (TPSA) is 178 Å². The Hall–Kier alpha value is -3.96. The molecule has 0 spiro atoms. The second-order valence-electron chi connectivity index (χ2n) is 9.51. The molecule has 0 saturated carbocycles. The van der Waals surface area contributed by atoms with Gasteiger partial charge >= 0.3 is 6.09 Å². The number of aromatic nitrogens is 4. The van der Waals surface area contributed by atoms with Crippen molar-refractivity contribution in [3.05, 3.63) is 41.4 Å². The summed E-state index contributed by atoms with van der Waals surface area (Å²) in [7, 11) is 0. The predicted octanol–water partition coefficient (Wildman–Crippen LogP) is 2.06. The molecule has 3 aromatic rings. The van der Waals surface area contributed by atoms with Crippen LogP contribution in [0, 0.1) is 17.8 Å². The van der Waals surface area contributed by atoms with Crippen molar-refractivity contribution in [2.45, 2.75) is 51.7 Å². The van der Waals surface area contributed by atoms with E-state index in [-0.39, 0.29) is 28.7 Å². The third kappa shape index (κ3) is 7.42. The second kappa shape index (κ2) is 13.6. The number of nitrogens with zero attached hydrogens (tertiary/aromatic N) is 5. The number of piperidine rings is 1. The number of hydrogen-bond acceptors (Lipinski definition) is 10. The van der Waals surface area contributed by atoms with E-state index in [2.05, 4.69) is 32.1 Å². The summed E-state index contributed by atoms with van der Waals surface area (Å²) < 4.78 is 12.0. The van der Waals surface area contributed by atoms with Gasteiger partial charge in [0.2, 0.25) is 12.2 Å². The van der Waals surface area contributed by atoms with E-state index in [0.717, 1.165) is 12.8 Å². The molecule has 2 aromatic heterocycles. The molecule has 1 aliphatic heterocycles. The van der Waals surface area contributed by atoms with Gasteiger partial charge in [0, 0.05) is 26.1 Å². The van der Waals surface area contributed by atoms with Crippen molar-refractivity contribution < 1.29 is 29.3 Å². The summed E-state index contributed by atoms with van der Waals surface area (Å²) in [5.41, 5.74) is 6.43. The van der Waals surface area contributed by atoms with E-state index in [9.17, 15) is 19.8 Å². The van der Waals surface area contributed by atoms with Crippen molar-refractivity contribution in [1.29, 1.82) is 0 Å². The summed E-state index contributed by atoms with van der Waals surface area (Å²) in [6.45, 7) is 4.50. The molecule has 3 heterocycles. The highest BCUT2D eigenvalue weighted by molar-refractivity contribution is 6.32. The number of para-hydroxylation sites is 1. The van der Waals surface area contributed by atoms with Gasteiger partial charge in [-0.3, -0.25) is 9.36 Å². The van der Waals surface area contributed by atoms with Gasteiger partial charge in [-0.25, -0.2) is 19.7 Å². The van der Waals surface area contributed by atoms with Crippen molar-refractivity contribution in [3.63, 3.8) is 0 Å². The van der Waals surface area contributed by atoms with Gasteiger partial charge in [-0.15, -0.1) is 0 Å².